The maximum absolute atomic E-state index is 6.28. The minimum atomic E-state index is -0.0333. The molecule has 3 atom stereocenters. The molecule has 0 amide bonds. The minimum Gasteiger partial charge on any atom is -0.339 e. The van der Waals surface area contributed by atoms with E-state index in [1.807, 2.05) is 0 Å². The predicted octanol–water partition coefficient (Wildman–Crippen LogP) is 2.77. The summed E-state index contributed by atoms with van der Waals surface area (Å²) in [5.74, 6) is 3.37. The zero-order valence-corrected chi connectivity index (χ0v) is 10.4. The average Bonchev–Trinajstić information content (AvgIpc) is 3.07. The second-order valence-corrected chi connectivity index (χ2v) is 5.82. The number of hydrogen-bond acceptors (Lipinski definition) is 4. The molecule has 2 aliphatic carbocycles. The van der Waals surface area contributed by atoms with Crippen LogP contribution in [-0.2, 0) is 0 Å². The van der Waals surface area contributed by atoms with Crippen LogP contribution in [0.5, 0.6) is 0 Å². The van der Waals surface area contributed by atoms with Gasteiger partial charge in [0.15, 0.2) is 5.82 Å². The third-order valence-corrected chi connectivity index (χ3v) is 4.17. The van der Waals surface area contributed by atoms with Crippen molar-refractivity contribution in [1.82, 2.24) is 10.1 Å². The zero-order valence-electron chi connectivity index (χ0n) is 10.4. The van der Waals surface area contributed by atoms with E-state index in [9.17, 15) is 0 Å². The third-order valence-electron chi connectivity index (χ3n) is 4.17. The van der Waals surface area contributed by atoms with E-state index in [1.54, 1.807) is 0 Å². The fraction of sp³-hybridized carbons (Fsp3) is 0.846. The number of nitrogens with zero attached hydrogens (tertiary/aromatic N) is 2. The molecule has 1 aromatic heterocycles. The Balaban J connectivity index is 1.68. The largest absolute Gasteiger partial charge is 0.339 e. The second-order valence-electron chi connectivity index (χ2n) is 5.82. The molecule has 4 heteroatoms. The summed E-state index contributed by atoms with van der Waals surface area (Å²) in [5, 5.41) is 4.07. The maximum atomic E-state index is 6.28. The van der Waals surface area contributed by atoms with Gasteiger partial charge in [-0.05, 0) is 37.5 Å². The van der Waals surface area contributed by atoms with Gasteiger partial charge in [0.1, 0.15) is 0 Å². The molecule has 2 fully saturated rings. The van der Waals surface area contributed by atoms with Gasteiger partial charge in [-0.2, -0.15) is 4.98 Å². The molecule has 17 heavy (non-hydrogen) atoms. The second kappa shape index (κ2) is 4.41. The lowest BCUT2D eigenvalue weighted by molar-refractivity contribution is 0.239. The van der Waals surface area contributed by atoms with Crippen molar-refractivity contribution >= 4 is 0 Å². The van der Waals surface area contributed by atoms with Gasteiger partial charge in [-0.25, -0.2) is 0 Å². The van der Waals surface area contributed by atoms with E-state index in [1.165, 1.54) is 38.5 Å². The normalized spacial score (nSPS) is 31.4. The van der Waals surface area contributed by atoms with Crippen LogP contribution < -0.4 is 5.73 Å². The van der Waals surface area contributed by atoms with E-state index in [2.05, 4.69) is 17.1 Å². The van der Waals surface area contributed by atoms with Crippen molar-refractivity contribution in [2.75, 3.05) is 0 Å². The lowest BCUT2D eigenvalue weighted by Crippen LogP contribution is -2.27. The molecule has 0 radical (unpaired) electrons. The van der Waals surface area contributed by atoms with E-state index < -0.39 is 0 Å². The first-order chi connectivity index (χ1) is 8.24. The Labute approximate surface area is 102 Å². The summed E-state index contributed by atoms with van der Waals surface area (Å²) in [6.07, 6.45) is 7.41. The van der Waals surface area contributed by atoms with Crippen molar-refractivity contribution in [3.63, 3.8) is 0 Å². The molecule has 2 aliphatic rings. The molecule has 3 unspecified atom stereocenters. The summed E-state index contributed by atoms with van der Waals surface area (Å²) in [5.41, 5.74) is 6.28. The van der Waals surface area contributed by atoms with Crippen molar-refractivity contribution in [3.05, 3.63) is 11.7 Å². The number of aromatic nitrogens is 2. The van der Waals surface area contributed by atoms with E-state index in [4.69, 9.17) is 10.3 Å². The Hall–Kier alpha value is -0.900. The smallest absolute Gasteiger partial charge is 0.229 e. The van der Waals surface area contributed by atoms with Gasteiger partial charge in [0.05, 0.1) is 6.04 Å². The van der Waals surface area contributed by atoms with Crippen LogP contribution in [0, 0.1) is 11.8 Å². The highest BCUT2D eigenvalue weighted by molar-refractivity contribution is 5.04. The summed E-state index contributed by atoms with van der Waals surface area (Å²) in [6, 6.07) is -0.0333. The average molecular weight is 235 g/mol. The van der Waals surface area contributed by atoms with Crippen molar-refractivity contribution in [2.45, 2.75) is 57.4 Å². The lowest BCUT2D eigenvalue weighted by atomic mass is 9.78. The predicted molar refractivity (Wildman–Crippen MR) is 64.3 cm³/mol. The van der Waals surface area contributed by atoms with E-state index in [-0.39, 0.29) is 6.04 Å². The maximum Gasteiger partial charge on any atom is 0.229 e. The molecule has 2 N–H and O–H groups in total. The van der Waals surface area contributed by atoms with Crippen molar-refractivity contribution in [2.24, 2.45) is 17.6 Å². The number of hydrogen-bond donors (Lipinski definition) is 1. The van der Waals surface area contributed by atoms with Crippen LogP contribution in [0.4, 0.5) is 0 Å². The number of rotatable bonds is 3. The van der Waals surface area contributed by atoms with Gasteiger partial charge >= 0.3 is 0 Å². The topological polar surface area (TPSA) is 64.9 Å². The van der Waals surface area contributed by atoms with E-state index in [0.717, 1.165) is 17.6 Å². The first-order valence-corrected chi connectivity index (χ1v) is 6.83. The highest BCUT2D eigenvalue weighted by atomic mass is 16.5. The van der Waals surface area contributed by atoms with Crippen LogP contribution in [-0.4, -0.2) is 10.1 Å². The van der Waals surface area contributed by atoms with Gasteiger partial charge in [0.2, 0.25) is 5.89 Å². The van der Waals surface area contributed by atoms with Crippen LogP contribution in [0.2, 0.25) is 0 Å². The molecular formula is C13H21N3O. The standard InChI is InChI=1S/C13H21N3O/c1-8-3-2-4-10(7-8)11(14)12-15-13(17-16-12)9-5-6-9/h8-11H,2-7,14H2,1H3. The fourth-order valence-electron chi connectivity index (χ4n) is 2.90. The molecule has 0 aliphatic heterocycles. The molecule has 94 valence electrons. The Bertz CT molecular complexity index is 386. The summed E-state index contributed by atoms with van der Waals surface area (Å²) in [7, 11) is 0. The molecule has 0 saturated heterocycles. The van der Waals surface area contributed by atoms with Gasteiger partial charge in [-0.15, -0.1) is 0 Å². The molecule has 3 rings (SSSR count). The Morgan fingerprint density at radius 1 is 1.29 bits per heavy atom. The Kier molecular flexibility index (Phi) is 2.90. The van der Waals surface area contributed by atoms with Crippen LogP contribution in [0.3, 0.4) is 0 Å². The summed E-state index contributed by atoms with van der Waals surface area (Å²) < 4.78 is 5.29. The quantitative estimate of drug-likeness (QED) is 0.874. The molecule has 0 aromatic carbocycles. The van der Waals surface area contributed by atoms with Crippen LogP contribution in [0.25, 0.3) is 0 Å². The minimum absolute atomic E-state index is 0.0333. The highest BCUT2D eigenvalue weighted by Crippen LogP contribution is 2.40. The number of nitrogens with two attached hydrogens (primary N) is 1. The molecule has 2 saturated carbocycles. The van der Waals surface area contributed by atoms with E-state index >= 15 is 0 Å². The SMILES string of the molecule is CC1CCCC(C(N)c2noc(C3CC3)n2)C1. The molecule has 4 nitrogen and oxygen atoms in total. The van der Waals surface area contributed by atoms with Crippen LogP contribution in [0.1, 0.15) is 69.1 Å². The summed E-state index contributed by atoms with van der Waals surface area (Å²) >= 11 is 0. The first kappa shape index (κ1) is 11.2. The van der Waals surface area contributed by atoms with Gasteiger partial charge in [0, 0.05) is 5.92 Å². The van der Waals surface area contributed by atoms with Crippen molar-refractivity contribution in [1.29, 1.82) is 0 Å². The molecule has 1 heterocycles. The first-order valence-electron chi connectivity index (χ1n) is 6.83. The highest BCUT2D eigenvalue weighted by Gasteiger charge is 2.32. The Morgan fingerprint density at radius 3 is 2.82 bits per heavy atom. The lowest BCUT2D eigenvalue weighted by Gasteiger charge is -2.29. The van der Waals surface area contributed by atoms with Crippen LogP contribution >= 0.6 is 0 Å². The summed E-state index contributed by atoms with van der Waals surface area (Å²) in [4.78, 5) is 4.47. The molecular weight excluding hydrogens is 214 g/mol. The summed E-state index contributed by atoms with van der Waals surface area (Å²) in [6.45, 7) is 2.31. The molecule has 0 bridgehead atoms. The van der Waals surface area contributed by atoms with Gasteiger partial charge < -0.3 is 10.3 Å². The monoisotopic (exact) mass is 235 g/mol. The van der Waals surface area contributed by atoms with Gasteiger partial charge in [-0.3, -0.25) is 0 Å². The van der Waals surface area contributed by atoms with Gasteiger partial charge in [-0.1, -0.05) is 24.9 Å². The Morgan fingerprint density at radius 2 is 2.12 bits per heavy atom. The fourth-order valence-corrected chi connectivity index (χ4v) is 2.90. The van der Waals surface area contributed by atoms with Crippen LogP contribution in [0.15, 0.2) is 4.52 Å². The van der Waals surface area contributed by atoms with Crippen molar-refractivity contribution < 1.29 is 4.52 Å². The van der Waals surface area contributed by atoms with E-state index in [0.29, 0.717) is 11.8 Å². The van der Waals surface area contributed by atoms with Crippen molar-refractivity contribution in [3.8, 4) is 0 Å². The molecule has 1 aromatic rings. The molecule has 0 spiro atoms. The van der Waals surface area contributed by atoms with Gasteiger partial charge in [0.25, 0.3) is 0 Å². The zero-order chi connectivity index (χ0) is 11.8. The third kappa shape index (κ3) is 2.37.